The first-order valence-corrected chi connectivity index (χ1v) is 9.08. The molecule has 0 spiro atoms. The third-order valence-electron chi connectivity index (χ3n) is 5.00. The molecule has 0 saturated heterocycles. The summed E-state index contributed by atoms with van der Waals surface area (Å²) in [6.07, 6.45) is 2.37. The highest BCUT2D eigenvalue weighted by Crippen LogP contribution is 2.36. The van der Waals surface area contributed by atoms with Gasteiger partial charge in [-0.2, -0.15) is 0 Å². The summed E-state index contributed by atoms with van der Waals surface area (Å²) in [5.41, 5.74) is 5.96. The second-order valence-electron chi connectivity index (χ2n) is 7.86. The van der Waals surface area contributed by atoms with E-state index in [2.05, 4.69) is 38.0 Å². The zero-order valence-corrected chi connectivity index (χ0v) is 16.7. The van der Waals surface area contributed by atoms with E-state index >= 15 is 0 Å². The second-order valence-corrected chi connectivity index (χ2v) is 7.86. The normalized spacial score (nSPS) is 17.1. The number of nitrogens with one attached hydrogen (secondary N) is 2. The fourth-order valence-electron chi connectivity index (χ4n) is 3.19. The molecule has 0 heterocycles. The fourth-order valence-corrected chi connectivity index (χ4v) is 3.19. The Bertz CT molecular complexity index is 746. The lowest BCUT2D eigenvalue weighted by atomic mass is 9.97. The average molecular weight is 360 g/mol. The summed E-state index contributed by atoms with van der Waals surface area (Å²) in [4.78, 5) is 0. The smallest absolute Gasteiger partial charge is 0.126 e. The summed E-state index contributed by atoms with van der Waals surface area (Å²) in [5, 5.41) is 6.90. The Morgan fingerprint density at radius 1 is 1.08 bits per heavy atom. The van der Waals surface area contributed by atoms with Crippen molar-refractivity contribution in [1.82, 2.24) is 10.6 Å². The van der Waals surface area contributed by atoms with Crippen LogP contribution in [0.4, 0.5) is 8.78 Å². The lowest BCUT2D eigenvalue weighted by Gasteiger charge is -2.24. The third-order valence-corrected chi connectivity index (χ3v) is 5.00. The van der Waals surface area contributed by atoms with Crippen molar-refractivity contribution in [2.45, 2.75) is 66.0 Å². The topological polar surface area (TPSA) is 24.1 Å². The van der Waals surface area contributed by atoms with Crippen LogP contribution in [0.5, 0.6) is 0 Å². The van der Waals surface area contributed by atoms with Crippen LogP contribution in [0, 0.1) is 11.6 Å². The van der Waals surface area contributed by atoms with Crippen LogP contribution in [0.1, 0.15) is 66.0 Å². The largest absolute Gasteiger partial charge is 0.383 e. The van der Waals surface area contributed by atoms with E-state index in [9.17, 15) is 8.78 Å². The number of hydrogen-bond acceptors (Lipinski definition) is 2. The zero-order valence-electron chi connectivity index (χ0n) is 16.7. The first kappa shape index (κ1) is 20.2. The lowest BCUT2D eigenvalue weighted by Crippen LogP contribution is -2.27. The van der Waals surface area contributed by atoms with Crippen molar-refractivity contribution in [3.63, 3.8) is 0 Å². The molecular weight excluding hydrogens is 330 g/mol. The van der Waals surface area contributed by atoms with E-state index < -0.39 is 11.6 Å². The highest BCUT2D eigenvalue weighted by atomic mass is 19.1. The van der Waals surface area contributed by atoms with Crippen LogP contribution in [0.15, 0.2) is 52.9 Å². The minimum Gasteiger partial charge on any atom is -0.383 e. The molecule has 1 atom stereocenters. The summed E-state index contributed by atoms with van der Waals surface area (Å²) in [6.45, 7) is 16.5. The van der Waals surface area contributed by atoms with Crippen LogP contribution in [-0.2, 0) is 0 Å². The molecule has 0 radical (unpaired) electrons. The van der Waals surface area contributed by atoms with Crippen molar-refractivity contribution in [3.05, 3.63) is 70.1 Å². The minimum absolute atomic E-state index is 0.208. The van der Waals surface area contributed by atoms with Crippen molar-refractivity contribution in [2.24, 2.45) is 0 Å². The standard InChI is InChI=1S/C22H30F2N2/c1-13(2)21(14(3)15(4)26-22(7)8-9-22)17(6)25-16(5)18-10-19(23)12-20(24)11-18/h10-12,16,25-26H,6,8-9H2,1-5,7H3/b15-14-. The van der Waals surface area contributed by atoms with Gasteiger partial charge in [0.1, 0.15) is 11.6 Å². The van der Waals surface area contributed by atoms with E-state index in [1.165, 1.54) is 25.0 Å². The Morgan fingerprint density at radius 2 is 1.62 bits per heavy atom. The summed E-state index contributed by atoms with van der Waals surface area (Å²) in [6, 6.07) is 3.32. The zero-order chi connectivity index (χ0) is 19.6. The predicted octanol–water partition coefficient (Wildman–Crippen LogP) is 5.90. The van der Waals surface area contributed by atoms with Crippen LogP contribution in [0.3, 0.4) is 0 Å². The molecule has 2 N–H and O–H groups in total. The summed E-state index contributed by atoms with van der Waals surface area (Å²) >= 11 is 0. The number of rotatable bonds is 7. The van der Waals surface area contributed by atoms with Crippen LogP contribution in [-0.4, -0.2) is 5.54 Å². The molecule has 2 rings (SSSR count). The van der Waals surface area contributed by atoms with Crippen LogP contribution >= 0.6 is 0 Å². The highest BCUT2D eigenvalue weighted by molar-refractivity contribution is 5.48. The fraction of sp³-hybridized carbons (Fsp3) is 0.455. The monoisotopic (exact) mass is 360 g/mol. The molecule has 0 amide bonds. The Hall–Kier alpha value is -2.10. The molecule has 4 heteroatoms. The van der Waals surface area contributed by atoms with Gasteiger partial charge in [0.2, 0.25) is 0 Å². The highest BCUT2D eigenvalue weighted by Gasteiger charge is 2.37. The Kier molecular flexibility index (Phi) is 5.94. The Morgan fingerprint density at radius 3 is 2.08 bits per heavy atom. The van der Waals surface area contributed by atoms with Gasteiger partial charge in [-0.1, -0.05) is 12.2 Å². The van der Waals surface area contributed by atoms with Crippen LogP contribution in [0.25, 0.3) is 0 Å². The molecule has 0 aliphatic heterocycles. The van der Waals surface area contributed by atoms with Gasteiger partial charge in [0.15, 0.2) is 0 Å². The molecule has 1 aromatic carbocycles. The number of allylic oxidation sites excluding steroid dienone is 3. The van der Waals surface area contributed by atoms with Gasteiger partial charge in [-0.15, -0.1) is 0 Å². The molecule has 1 saturated carbocycles. The van der Waals surface area contributed by atoms with E-state index in [0.29, 0.717) is 5.56 Å². The number of hydrogen-bond donors (Lipinski definition) is 2. The maximum atomic E-state index is 13.5. The van der Waals surface area contributed by atoms with E-state index in [1.807, 2.05) is 20.8 Å². The number of halogens is 2. The molecule has 1 aromatic rings. The molecule has 26 heavy (non-hydrogen) atoms. The van der Waals surface area contributed by atoms with Gasteiger partial charge in [-0.25, -0.2) is 8.78 Å². The van der Waals surface area contributed by atoms with Gasteiger partial charge in [0, 0.05) is 34.6 Å². The Balaban J connectivity index is 2.21. The molecule has 0 bridgehead atoms. The molecule has 1 aliphatic rings. The molecule has 0 aromatic heterocycles. The van der Waals surface area contributed by atoms with E-state index in [1.54, 1.807) is 0 Å². The first-order valence-electron chi connectivity index (χ1n) is 9.08. The predicted molar refractivity (Wildman–Crippen MR) is 105 cm³/mol. The van der Waals surface area contributed by atoms with Crippen molar-refractivity contribution < 1.29 is 8.78 Å². The van der Waals surface area contributed by atoms with Gasteiger partial charge in [-0.05, 0) is 77.7 Å². The third kappa shape index (κ3) is 4.96. The molecule has 1 fully saturated rings. The van der Waals surface area contributed by atoms with Crippen molar-refractivity contribution in [3.8, 4) is 0 Å². The second kappa shape index (κ2) is 7.65. The molecule has 142 valence electrons. The van der Waals surface area contributed by atoms with Gasteiger partial charge in [-0.3, -0.25) is 0 Å². The van der Waals surface area contributed by atoms with Crippen LogP contribution < -0.4 is 10.6 Å². The quantitative estimate of drug-likeness (QED) is 0.591. The van der Waals surface area contributed by atoms with Gasteiger partial charge in [0.25, 0.3) is 0 Å². The van der Waals surface area contributed by atoms with Gasteiger partial charge in [0.05, 0.1) is 0 Å². The Labute approximate surface area is 156 Å². The molecular formula is C22H30F2N2. The SMILES string of the molecule is C=C(NC(C)c1cc(F)cc(F)c1)C(=C(C)C)/C(C)=C(/C)NC1(C)CC1. The number of benzene rings is 1. The van der Waals surface area contributed by atoms with E-state index in [-0.39, 0.29) is 11.6 Å². The van der Waals surface area contributed by atoms with Crippen LogP contribution in [0.2, 0.25) is 0 Å². The van der Waals surface area contributed by atoms with Gasteiger partial charge < -0.3 is 10.6 Å². The van der Waals surface area contributed by atoms with E-state index in [0.717, 1.165) is 34.2 Å². The average Bonchev–Trinajstić information content (AvgIpc) is 3.22. The molecule has 1 unspecified atom stereocenters. The minimum atomic E-state index is -0.574. The molecule has 1 aliphatic carbocycles. The maximum absolute atomic E-state index is 13.5. The van der Waals surface area contributed by atoms with Crippen molar-refractivity contribution in [1.29, 1.82) is 0 Å². The van der Waals surface area contributed by atoms with Crippen molar-refractivity contribution >= 4 is 0 Å². The summed E-state index contributed by atoms with van der Waals surface area (Å²) in [5.74, 6) is -1.15. The van der Waals surface area contributed by atoms with Crippen molar-refractivity contribution in [2.75, 3.05) is 0 Å². The first-order chi connectivity index (χ1) is 12.0. The summed E-state index contributed by atoms with van der Waals surface area (Å²) < 4.78 is 27.0. The van der Waals surface area contributed by atoms with E-state index in [4.69, 9.17) is 0 Å². The summed E-state index contributed by atoms with van der Waals surface area (Å²) in [7, 11) is 0. The lowest BCUT2D eigenvalue weighted by molar-refractivity contribution is 0.567. The van der Waals surface area contributed by atoms with Gasteiger partial charge >= 0.3 is 0 Å². The maximum Gasteiger partial charge on any atom is 0.126 e. The molecule has 2 nitrogen and oxygen atoms in total.